The average Bonchev–Trinajstić information content (AvgIpc) is 2.90. The largest absolute Gasteiger partial charge is 0.311 e. The Balaban J connectivity index is 1.88. The highest BCUT2D eigenvalue weighted by atomic mass is 16.6. The van der Waals surface area contributed by atoms with E-state index >= 15 is 0 Å². The van der Waals surface area contributed by atoms with Crippen LogP contribution in [0.5, 0.6) is 0 Å². The topological polar surface area (TPSA) is 81.7 Å². The lowest BCUT2D eigenvalue weighted by Gasteiger charge is -2.04. The first-order chi connectivity index (χ1) is 8.65. The number of aryl methyl sites for hydroxylation is 1. The van der Waals surface area contributed by atoms with Crippen LogP contribution in [0.3, 0.4) is 0 Å². The summed E-state index contributed by atoms with van der Waals surface area (Å²) in [7, 11) is 0. The summed E-state index contributed by atoms with van der Waals surface area (Å²) < 4.78 is 6.38. The number of nitrogens with one attached hydrogen (secondary N) is 1. The minimum Gasteiger partial charge on any atom is -0.311 e. The van der Waals surface area contributed by atoms with Gasteiger partial charge in [0.05, 0.1) is 18.4 Å². The van der Waals surface area contributed by atoms with Gasteiger partial charge in [0.2, 0.25) is 0 Å². The predicted octanol–water partition coefficient (Wildman–Crippen LogP) is 0.763. The van der Waals surface area contributed by atoms with Gasteiger partial charge in [0.15, 0.2) is 0 Å². The highest BCUT2D eigenvalue weighted by molar-refractivity contribution is 5.05. The third kappa shape index (κ3) is 3.36. The fourth-order valence-electron chi connectivity index (χ4n) is 1.53. The predicted molar refractivity (Wildman–Crippen MR) is 64.7 cm³/mol. The molecule has 98 valence electrons. The molecule has 7 heteroatoms. The molecule has 0 fully saturated rings. The fraction of sp³-hybridized carbons (Fsp3) is 0.636. The molecule has 0 aromatic carbocycles. The second-order valence-corrected chi connectivity index (χ2v) is 4.73. The molecule has 2 rings (SSSR count). The summed E-state index contributed by atoms with van der Waals surface area (Å²) in [6.07, 6.45) is 1.90. The summed E-state index contributed by atoms with van der Waals surface area (Å²) in [5.41, 5.74) is 2.48. The average molecular weight is 250 g/mol. The Labute approximate surface area is 106 Å². The summed E-state index contributed by atoms with van der Waals surface area (Å²) in [6.45, 7) is 8.43. The van der Waals surface area contributed by atoms with E-state index in [4.69, 9.17) is 0 Å². The molecule has 0 radical (unpaired) electrons. The highest BCUT2D eigenvalue weighted by Gasteiger charge is 2.07. The summed E-state index contributed by atoms with van der Waals surface area (Å²) in [5, 5.41) is 19.0. The summed E-state index contributed by atoms with van der Waals surface area (Å²) in [5.74, 6) is 0.629. The Morgan fingerprint density at radius 2 is 2.22 bits per heavy atom. The molecular formula is C11H18N6O. The third-order valence-corrected chi connectivity index (χ3v) is 2.50. The van der Waals surface area contributed by atoms with E-state index in [1.54, 1.807) is 4.68 Å². The van der Waals surface area contributed by atoms with Gasteiger partial charge in [-0.1, -0.05) is 29.4 Å². The van der Waals surface area contributed by atoms with Crippen LogP contribution in [0.4, 0.5) is 0 Å². The molecule has 0 saturated heterocycles. The van der Waals surface area contributed by atoms with E-state index in [0.29, 0.717) is 12.5 Å². The van der Waals surface area contributed by atoms with Gasteiger partial charge in [0, 0.05) is 6.54 Å². The zero-order valence-corrected chi connectivity index (χ0v) is 10.9. The van der Waals surface area contributed by atoms with Crippen molar-refractivity contribution in [1.82, 2.24) is 30.6 Å². The molecule has 2 aromatic rings. The molecule has 0 aliphatic heterocycles. The number of hydrogen-bond acceptors (Lipinski definition) is 6. The second kappa shape index (κ2) is 5.72. The van der Waals surface area contributed by atoms with Crippen molar-refractivity contribution >= 4 is 0 Å². The van der Waals surface area contributed by atoms with Crippen molar-refractivity contribution in [3.8, 4) is 0 Å². The van der Waals surface area contributed by atoms with Gasteiger partial charge in [0.25, 0.3) is 0 Å². The first-order valence-corrected chi connectivity index (χ1v) is 6.03. The van der Waals surface area contributed by atoms with Crippen LogP contribution in [-0.2, 0) is 13.1 Å². The van der Waals surface area contributed by atoms with E-state index in [9.17, 15) is 0 Å². The monoisotopic (exact) mass is 250 g/mol. The molecule has 0 aliphatic carbocycles. The fourth-order valence-corrected chi connectivity index (χ4v) is 1.53. The third-order valence-electron chi connectivity index (χ3n) is 2.50. The number of rotatable bonds is 6. The maximum atomic E-state index is 4.64. The van der Waals surface area contributed by atoms with E-state index in [1.165, 1.54) is 0 Å². The van der Waals surface area contributed by atoms with E-state index in [-0.39, 0.29) is 0 Å². The smallest absolute Gasteiger partial charge is 0.129 e. The van der Waals surface area contributed by atoms with Crippen molar-refractivity contribution in [3.05, 3.63) is 23.3 Å². The maximum absolute atomic E-state index is 4.64. The maximum Gasteiger partial charge on any atom is 0.129 e. The van der Waals surface area contributed by atoms with Crippen molar-refractivity contribution in [2.75, 3.05) is 6.54 Å². The molecule has 2 aromatic heterocycles. The molecule has 0 amide bonds. The standard InChI is InChI=1S/C11H18N6O/c1-8(2)4-12-5-10-6-17(16-13-10)7-11-9(3)14-18-15-11/h6,8,12H,4-5,7H2,1-3H3. The van der Waals surface area contributed by atoms with Crippen LogP contribution in [0.1, 0.15) is 30.9 Å². The summed E-state index contributed by atoms with van der Waals surface area (Å²) in [6, 6.07) is 0. The molecule has 2 heterocycles. The molecule has 7 nitrogen and oxygen atoms in total. The molecule has 0 unspecified atom stereocenters. The Morgan fingerprint density at radius 3 is 2.89 bits per heavy atom. The molecule has 0 bridgehead atoms. The molecule has 1 N–H and O–H groups in total. The van der Waals surface area contributed by atoms with Crippen LogP contribution < -0.4 is 5.32 Å². The quantitative estimate of drug-likeness (QED) is 0.815. The molecule has 0 saturated carbocycles. The van der Waals surface area contributed by atoms with E-state index in [2.05, 4.69) is 44.4 Å². The highest BCUT2D eigenvalue weighted by Crippen LogP contribution is 2.03. The van der Waals surface area contributed by atoms with Gasteiger partial charge in [-0.25, -0.2) is 9.31 Å². The normalized spacial score (nSPS) is 11.3. The van der Waals surface area contributed by atoms with Crippen LogP contribution in [0.2, 0.25) is 0 Å². The summed E-state index contributed by atoms with van der Waals surface area (Å²) >= 11 is 0. The van der Waals surface area contributed by atoms with Gasteiger partial charge >= 0.3 is 0 Å². The minimum atomic E-state index is 0.534. The minimum absolute atomic E-state index is 0.534. The van der Waals surface area contributed by atoms with Crippen molar-refractivity contribution in [2.45, 2.75) is 33.9 Å². The van der Waals surface area contributed by atoms with Gasteiger partial charge in [-0.15, -0.1) is 5.10 Å². The van der Waals surface area contributed by atoms with Crippen molar-refractivity contribution in [3.63, 3.8) is 0 Å². The van der Waals surface area contributed by atoms with Crippen LogP contribution in [0.25, 0.3) is 0 Å². The molecular weight excluding hydrogens is 232 g/mol. The van der Waals surface area contributed by atoms with E-state index in [0.717, 1.165) is 30.2 Å². The van der Waals surface area contributed by atoms with Gasteiger partial charge in [-0.05, 0) is 19.4 Å². The zero-order valence-electron chi connectivity index (χ0n) is 10.9. The number of aromatic nitrogens is 5. The zero-order chi connectivity index (χ0) is 13.0. The van der Waals surface area contributed by atoms with Gasteiger partial charge in [-0.2, -0.15) is 0 Å². The van der Waals surface area contributed by atoms with Crippen LogP contribution in [-0.4, -0.2) is 31.9 Å². The van der Waals surface area contributed by atoms with E-state index < -0.39 is 0 Å². The van der Waals surface area contributed by atoms with E-state index in [1.807, 2.05) is 13.1 Å². The van der Waals surface area contributed by atoms with Crippen LogP contribution in [0, 0.1) is 12.8 Å². The molecule has 0 spiro atoms. The van der Waals surface area contributed by atoms with Gasteiger partial charge in [0.1, 0.15) is 11.4 Å². The van der Waals surface area contributed by atoms with Gasteiger partial charge in [-0.3, -0.25) is 0 Å². The second-order valence-electron chi connectivity index (χ2n) is 4.73. The summed E-state index contributed by atoms with van der Waals surface area (Å²) in [4.78, 5) is 0. The first kappa shape index (κ1) is 12.7. The number of hydrogen-bond donors (Lipinski definition) is 1. The van der Waals surface area contributed by atoms with Crippen molar-refractivity contribution < 1.29 is 4.63 Å². The van der Waals surface area contributed by atoms with Crippen LogP contribution in [0.15, 0.2) is 10.8 Å². The lowest BCUT2D eigenvalue weighted by Crippen LogP contribution is -2.19. The Bertz CT molecular complexity index is 489. The first-order valence-electron chi connectivity index (χ1n) is 6.03. The lowest BCUT2D eigenvalue weighted by molar-refractivity contribution is 0.300. The Hall–Kier alpha value is -1.76. The Morgan fingerprint density at radius 1 is 1.39 bits per heavy atom. The van der Waals surface area contributed by atoms with Gasteiger partial charge < -0.3 is 5.32 Å². The van der Waals surface area contributed by atoms with Crippen LogP contribution >= 0.6 is 0 Å². The molecule has 0 aliphatic rings. The number of nitrogens with zero attached hydrogens (tertiary/aromatic N) is 5. The SMILES string of the molecule is Cc1nonc1Cn1cc(CNCC(C)C)nn1. The van der Waals surface area contributed by atoms with Crippen molar-refractivity contribution in [1.29, 1.82) is 0 Å². The molecule has 18 heavy (non-hydrogen) atoms. The Kier molecular flexibility index (Phi) is 4.03. The van der Waals surface area contributed by atoms with Crippen molar-refractivity contribution in [2.24, 2.45) is 5.92 Å². The lowest BCUT2D eigenvalue weighted by atomic mass is 10.2. The molecule has 0 atom stereocenters.